The minimum atomic E-state index is -4.74. The van der Waals surface area contributed by atoms with Crippen molar-refractivity contribution in [3.63, 3.8) is 0 Å². The SMILES string of the molecule is CO[C@H]1CNCC1NS(=O)(=O)c1ccccc1C(F)(F)F. The molecule has 2 rings (SSSR count). The first kappa shape index (κ1) is 16.2. The second kappa shape index (κ2) is 5.91. The Morgan fingerprint density at radius 2 is 1.95 bits per heavy atom. The number of halogens is 3. The fraction of sp³-hybridized carbons (Fsp3) is 0.500. The third-order valence-corrected chi connectivity index (χ3v) is 4.80. The normalized spacial score (nSPS) is 23.4. The maximum absolute atomic E-state index is 12.9. The van der Waals surface area contributed by atoms with Crippen molar-refractivity contribution in [1.29, 1.82) is 0 Å². The molecule has 2 atom stereocenters. The van der Waals surface area contributed by atoms with Gasteiger partial charge in [0.05, 0.1) is 22.6 Å². The number of nitrogens with one attached hydrogen (secondary N) is 2. The Hall–Kier alpha value is -1.16. The number of ether oxygens (including phenoxy) is 1. The van der Waals surface area contributed by atoms with Gasteiger partial charge in [0, 0.05) is 20.2 Å². The summed E-state index contributed by atoms with van der Waals surface area (Å²) in [6, 6.07) is 3.48. The van der Waals surface area contributed by atoms with Gasteiger partial charge in [-0.15, -0.1) is 0 Å². The number of methoxy groups -OCH3 is 1. The fourth-order valence-electron chi connectivity index (χ4n) is 2.22. The molecule has 0 spiro atoms. The minimum absolute atomic E-state index is 0.298. The van der Waals surface area contributed by atoms with E-state index in [4.69, 9.17) is 4.74 Å². The lowest BCUT2D eigenvalue weighted by Crippen LogP contribution is -2.43. The molecule has 118 valence electrons. The van der Waals surface area contributed by atoms with Crippen LogP contribution < -0.4 is 10.0 Å². The Bertz CT molecular complexity index is 604. The average Bonchev–Trinajstić information content (AvgIpc) is 2.84. The quantitative estimate of drug-likeness (QED) is 0.866. The standard InChI is InChI=1S/C12H15F3N2O3S/c1-20-10-7-16-6-9(10)17-21(18,19)11-5-3-2-4-8(11)12(13,14)15/h2-5,9-10,16-17H,6-7H2,1H3/t9?,10-/m0/s1. The first-order chi connectivity index (χ1) is 9.75. The van der Waals surface area contributed by atoms with E-state index in [9.17, 15) is 21.6 Å². The highest BCUT2D eigenvalue weighted by Crippen LogP contribution is 2.34. The largest absolute Gasteiger partial charge is 0.417 e. The second-order valence-corrected chi connectivity index (χ2v) is 6.34. The van der Waals surface area contributed by atoms with E-state index < -0.39 is 38.8 Å². The van der Waals surface area contributed by atoms with Gasteiger partial charge in [0.25, 0.3) is 0 Å². The molecule has 0 radical (unpaired) electrons. The minimum Gasteiger partial charge on any atom is -0.378 e. The summed E-state index contributed by atoms with van der Waals surface area (Å²) in [5.41, 5.74) is -1.18. The van der Waals surface area contributed by atoms with E-state index >= 15 is 0 Å². The first-order valence-electron chi connectivity index (χ1n) is 6.18. The molecule has 0 amide bonds. The number of alkyl halides is 3. The summed E-state index contributed by atoms with van der Waals surface area (Å²) in [5.74, 6) is 0. The highest BCUT2D eigenvalue weighted by atomic mass is 32.2. The highest BCUT2D eigenvalue weighted by molar-refractivity contribution is 7.89. The van der Waals surface area contributed by atoms with E-state index in [1.54, 1.807) is 0 Å². The molecule has 9 heteroatoms. The molecule has 5 nitrogen and oxygen atoms in total. The Balaban J connectivity index is 2.32. The predicted octanol–water partition coefficient (Wildman–Crippen LogP) is 0.971. The molecule has 1 unspecified atom stereocenters. The highest BCUT2D eigenvalue weighted by Gasteiger charge is 2.38. The van der Waals surface area contributed by atoms with Gasteiger partial charge in [-0.2, -0.15) is 13.2 Å². The number of rotatable bonds is 4. The average molecular weight is 324 g/mol. The van der Waals surface area contributed by atoms with Gasteiger partial charge in [0.2, 0.25) is 10.0 Å². The number of sulfonamides is 1. The van der Waals surface area contributed by atoms with Crippen LogP contribution in [0.15, 0.2) is 29.2 Å². The van der Waals surface area contributed by atoms with Gasteiger partial charge in [-0.05, 0) is 12.1 Å². The van der Waals surface area contributed by atoms with Crippen molar-refractivity contribution >= 4 is 10.0 Å². The van der Waals surface area contributed by atoms with Crippen molar-refractivity contribution in [1.82, 2.24) is 10.0 Å². The lowest BCUT2D eigenvalue weighted by Gasteiger charge is -2.20. The molecule has 0 bridgehead atoms. The molecule has 1 aliphatic rings. The van der Waals surface area contributed by atoms with Crippen LogP contribution in [0.3, 0.4) is 0 Å². The summed E-state index contributed by atoms with van der Waals surface area (Å²) in [5, 5.41) is 2.92. The molecule has 0 saturated carbocycles. The molecule has 1 aromatic rings. The lowest BCUT2D eigenvalue weighted by atomic mass is 10.2. The summed E-state index contributed by atoms with van der Waals surface area (Å²) in [7, 11) is -2.87. The number of hydrogen-bond acceptors (Lipinski definition) is 4. The molecular formula is C12H15F3N2O3S. The van der Waals surface area contributed by atoms with Crippen LogP contribution in [0.2, 0.25) is 0 Å². The Morgan fingerprint density at radius 1 is 1.29 bits per heavy atom. The van der Waals surface area contributed by atoms with Crippen LogP contribution in [0.25, 0.3) is 0 Å². The lowest BCUT2D eigenvalue weighted by molar-refractivity contribution is -0.139. The van der Waals surface area contributed by atoms with Gasteiger partial charge in [-0.25, -0.2) is 13.1 Å². The van der Waals surface area contributed by atoms with E-state index in [1.807, 2.05) is 0 Å². The Morgan fingerprint density at radius 3 is 2.57 bits per heavy atom. The summed E-state index contributed by atoms with van der Waals surface area (Å²) < 4.78 is 70.5. The van der Waals surface area contributed by atoms with Gasteiger partial charge >= 0.3 is 6.18 Å². The molecular weight excluding hydrogens is 309 g/mol. The molecule has 1 saturated heterocycles. The maximum Gasteiger partial charge on any atom is 0.417 e. The molecule has 21 heavy (non-hydrogen) atoms. The molecule has 0 aliphatic carbocycles. The van der Waals surface area contributed by atoms with Crippen molar-refractivity contribution in [2.24, 2.45) is 0 Å². The number of hydrogen-bond donors (Lipinski definition) is 2. The van der Waals surface area contributed by atoms with Gasteiger partial charge in [0.1, 0.15) is 0 Å². The van der Waals surface area contributed by atoms with E-state index in [1.165, 1.54) is 13.2 Å². The van der Waals surface area contributed by atoms with Crippen LogP contribution in [0.5, 0.6) is 0 Å². The van der Waals surface area contributed by atoms with Crippen LogP contribution in [0.1, 0.15) is 5.56 Å². The second-order valence-electron chi connectivity index (χ2n) is 4.65. The summed E-state index contributed by atoms with van der Waals surface area (Å²) in [4.78, 5) is -0.778. The molecule has 1 aromatic carbocycles. The van der Waals surface area contributed by atoms with Gasteiger partial charge in [-0.3, -0.25) is 0 Å². The molecule has 1 heterocycles. The summed E-state index contributed by atoms with van der Waals surface area (Å²) in [6.07, 6.45) is -5.15. The smallest absolute Gasteiger partial charge is 0.378 e. The Kier molecular flexibility index (Phi) is 4.57. The van der Waals surface area contributed by atoms with E-state index in [0.717, 1.165) is 18.2 Å². The zero-order valence-corrected chi connectivity index (χ0v) is 12.0. The zero-order valence-electron chi connectivity index (χ0n) is 11.1. The maximum atomic E-state index is 12.9. The summed E-state index contributed by atoms with van der Waals surface area (Å²) in [6.45, 7) is 0.733. The molecule has 2 N–H and O–H groups in total. The monoisotopic (exact) mass is 324 g/mol. The van der Waals surface area contributed by atoms with Crippen LogP contribution in [-0.4, -0.2) is 40.8 Å². The van der Waals surface area contributed by atoms with Crippen molar-refractivity contribution in [3.8, 4) is 0 Å². The molecule has 1 aliphatic heterocycles. The predicted molar refractivity (Wildman–Crippen MR) is 69.2 cm³/mol. The van der Waals surface area contributed by atoms with E-state index in [0.29, 0.717) is 13.1 Å². The van der Waals surface area contributed by atoms with Crippen LogP contribution in [0.4, 0.5) is 13.2 Å². The van der Waals surface area contributed by atoms with Crippen LogP contribution in [0, 0.1) is 0 Å². The Labute approximate surface area is 120 Å². The third-order valence-electron chi connectivity index (χ3n) is 3.25. The zero-order chi connectivity index (χ0) is 15.7. The van der Waals surface area contributed by atoms with Crippen molar-refractivity contribution in [2.75, 3.05) is 20.2 Å². The van der Waals surface area contributed by atoms with Crippen LogP contribution >= 0.6 is 0 Å². The topological polar surface area (TPSA) is 67.4 Å². The van der Waals surface area contributed by atoms with Crippen molar-refractivity contribution in [2.45, 2.75) is 23.2 Å². The van der Waals surface area contributed by atoms with Gasteiger partial charge < -0.3 is 10.1 Å². The summed E-state index contributed by atoms with van der Waals surface area (Å²) >= 11 is 0. The van der Waals surface area contributed by atoms with Gasteiger partial charge in [0.15, 0.2) is 0 Å². The van der Waals surface area contributed by atoms with Crippen molar-refractivity contribution in [3.05, 3.63) is 29.8 Å². The van der Waals surface area contributed by atoms with E-state index in [2.05, 4.69) is 10.0 Å². The molecule has 0 aromatic heterocycles. The van der Waals surface area contributed by atoms with Crippen LogP contribution in [-0.2, 0) is 20.9 Å². The van der Waals surface area contributed by atoms with Crippen molar-refractivity contribution < 1.29 is 26.3 Å². The number of benzene rings is 1. The first-order valence-corrected chi connectivity index (χ1v) is 7.66. The molecule has 1 fully saturated rings. The van der Waals surface area contributed by atoms with E-state index in [-0.39, 0.29) is 0 Å². The third kappa shape index (κ3) is 3.54. The fourth-order valence-corrected chi connectivity index (χ4v) is 3.71. The van der Waals surface area contributed by atoms with Gasteiger partial charge in [-0.1, -0.05) is 12.1 Å².